The average molecular weight is 311 g/mol. The van der Waals surface area contributed by atoms with Crippen LogP contribution in [0.1, 0.15) is 12.5 Å². The summed E-state index contributed by atoms with van der Waals surface area (Å²) >= 11 is 0. The summed E-state index contributed by atoms with van der Waals surface area (Å²) in [6, 6.07) is 16.2. The molecule has 2 N–H and O–H groups in total. The molecular formula is C18H21N3O2. The van der Waals surface area contributed by atoms with Crippen molar-refractivity contribution in [3.8, 4) is 5.75 Å². The molecule has 0 amide bonds. The lowest BCUT2D eigenvalue weighted by molar-refractivity contribution is 0.310. The van der Waals surface area contributed by atoms with E-state index < -0.39 is 0 Å². The van der Waals surface area contributed by atoms with Crippen LogP contribution in [-0.4, -0.2) is 34.4 Å². The van der Waals surface area contributed by atoms with Crippen molar-refractivity contribution in [2.45, 2.75) is 13.5 Å². The zero-order valence-electron chi connectivity index (χ0n) is 13.2. The van der Waals surface area contributed by atoms with Crippen LogP contribution in [-0.2, 0) is 6.54 Å². The van der Waals surface area contributed by atoms with Crippen molar-refractivity contribution in [1.29, 1.82) is 0 Å². The smallest absolute Gasteiger partial charge is 0.204 e. The molecule has 0 aliphatic heterocycles. The fraction of sp³-hybridized carbons (Fsp3) is 0.278. The predicted octanol–water partition coefficient (Wildman–Crippen LogP) is 2.89. The molecule has 120 valence electrons. The van der Waals surface area contributed by atoms with Crippen molar-refractivity contribution < 1.29 is 9.84 Å². The Morgan fingerprint density at radius 2 is 2.00 bits per heavy atom. The highest BCUT2D eigenvalue weighted by molar-refractivity contribution is 5.80. The van der Waals surface area contributed by atoms with Gasteiger partial charge >= 0.3 is 0 Å². The first-order valence-electron chi connectivity index (χ1n) is 7.83. The van der Waals surface area contributed by atoms with E-state index in [0.29, 0.717) is 13.2 Å². The molecule has 0 fully saturated rings. The van der Waals surface area contributed by atoms with Gasteiger partial charge in [-0.05, 0) is 24.6 Å². The van der Waals surface area contributed by atoms with E-state index >= 15 is 0 Å². The van der Waals surface area contributed by atoms with Gasteiger partial charge in [-0.15, -0.1) is 0 Å². The van der Waals surface area contributed by atoms with E-state index in [1.54, 1.807) is 0 Å². The number of hydrogen-bond donors (Lipinski definition) is 2. The number of aromatic nitrogens is 2. The van der Waals surface area contributed by atoms with Gasteiger partial charge in [0.1, 0.15) is 5.75 Å². The zero-order valence-corrected chi connectivity index (χ0v) is 13.2. The number of benzene rings is 2. The van der Waals surface area contributed by atoms with Gasteiger partial charge in [-0.2, -0.15) is 0 Å². The fourth-order valence-corrected chi connectivity index (χ4v) is 2.59. The van der Waals surface area contributed by atoms with E-state index in [9.17, 15) is 0 Å². The average Bonchev–Trinajstić information content (AvgIpc) is 2.91. The lowest BCUT2D eigenvalue weighted by Gasteiger charge is -2.10. The molecule has 5 nitrogen and oxygen atoms in total. The Balaban J connectivity index is 2.01. The first kappa shape index (κ1) is 15.4. The number of nitrogens with zero attached hydrogens (tertiary/aromatic N) is 2. The Morgan fingerprint density at radius 1 is 1.17 bits per heavy atom. The number of ether oxygens (including phenoxy) is 1. The van der Waals surface area contributed by atoms with Crippen LogP contribution in [0, 0.1) is 0 Å². The lowest BCUT2D eigenvalue weighted by Crippen LogP contribution is -2.12. The standard InChI is InChI=1S/C18H21N3O2/c1-2-23-15-8-9-17-16(12-15)20-18(19-10-11-22)21(17)13-14-6-4-3-5-7-14/h3-9,12,22H,2,10-11,13H2,1H3,(H,19,20). The van der Waals surface area contributed by atoms with Gasteiger partial charge in [0, 0.05) is 12.6 Å². The van der Waals surface area contributed by atoms with Gasteiger partial charge in [-0.1, -0.05) is 30.3 Å². The molecule has 0 spiro atoms. The first-order valence-corrected chi connectivity index (χ1v) is 7.83. The Labute approximate surface area is 135 Å². The monoisotopic (exact) mass is 311 g/mol. The van der Waals surface area contributed by atoms with Crippen LogP contribution in [0.4, 0.5) is 5.95 Å². The van der Waals surface area contributed by atoms with Crippen molar-refractivity contribution in [2.24, 2.45) is 0 Å². The molecule has 0 saturated heterocycles. The molecule has 2 aromatic carbocycles. The largest absolute Gasteiger partial charge is 0.494 e. The van der Waals surface area contributed by atoms with E-state index in [4.69, 9.17) is 9.84 Å². The second kappa shape index (κ2) is 7.15. The van der Waals surface area contributed by atoms with Crippen LogP contribution in [0.5, 0.6) is 5.75 Å². The molecule has 3 aromatic rings. The third kappa shape index (κ3) is 3.46. The quantitative estimate of drug-likeness (QED) is 0.704. The van der Waals surface area contributed by atoms with Crippen molar-refractivity contribution in [2.75, 3.05) is 25.1 Å². The molecule has 0 atom stereocenters. The third-order valence-corrected chi connectivity index (χ3v) is 3.61. The number of imidazole rings is 1. The van der Waals surface area contributed by atoms with Gasteiger partial charge in [0.15, 0.2) is 0 Å². The maximum absolute atomic E-state index is 9.08. The van der Waals surface area contributed by atoms with Crippen molar-refractivity contribution >= 4 is 17.0 Å². The number of fused-ring (bicyclic) bond motifs is 1. The number of hydrogen-bond acceptors (Lipinski definition) is 4. The van der Waals surface area contributed by atoms with E-state index in [1.807, 2.05) is 43.3 Å². The maximum Gasteiger partial charge on any atom is 0.204 e. The second-order valence-corrected chi connectivity index (χ2v) is 5.24. The first-order chi connectivity index (χ1) is 11.3. The molecule has 0 unspecified atom stereocenters. The zero-order chi connectivity index (χ0) is 16.1. The number of aliphatic hydroxyl groups is 1. The number of aliphatic hydroxyl groups excluding tert-OH is 1. The van der Waals surface area contributed by atoms with Crippen molar-refractivity contribution in [1.82, 2.24) is 9.55 Å². The molecular weight excluding hydrogens is 290 g/mol. The summed E-state index contributed by atoms with van der Waals surface area (Å²) in [5, 5.41) is 12.3. The van der Waals surface area contributed by atoms with Gasteiger partial charge in [0.25, 0.3) is 0 Å². The minimum atomic E-state index is 0.0682. The molecule has 1 aromatic heterocycles. The highest BCUT2D eigenvalue weighted by Gasteiger charge is 2.11. The minimum Gasteiger partial charge on any atom is -0.494 e. The van der Waals surface area contributed by atoms with Crippen LogP contribution in [0.2, 0.25) is 0 Å². The summed E-state index contributed by atoms with van der Waals surface area (Å²) in [4.78, 5) is 4.65. The minimum absolute atomic E-state index is 0.0682. The number of rotatable bonds is 7. The molecule has 5 heteroatoms. The van der Waals surface area contributed by atoms with Crippen LogP contribution in [0.25, 0.3) is 11.0 Å². The molecule has 0 radical (unpaired) electrons. The molecule has 0 aliphatic rings. The summed E-state index contributed by atoms with van der Waals surface area (Å²) in [5.41, 5.74) is 3.12. The topological polar surface area (TPSA) is 59.3 Å². The number of anilines is 1. The number of nitrogens with one attached hydrogen (secondary N) is 1. The van der Waals surface area contributed by atoms with Crippen molar-refractivity contribution in [3.05, 3.63) is 54.1 Å². The van der Waals surface area contributed by atoms with Crippen LogP contribution >= 0.6 is 0 Å². The normalized spacial score (nSPS) is 10.9. The van der Waals surface area contributed by atoms with Gasteiger partial charge < -0.3 is 19.7 Å². The van der Waals surface area contributed by atoms with E-state index in [2.05, 4.69) is 27.0 Å². The maximum atomic E-state index is 9.08. The summed E-state index contributed by atoms with van der Waals surface area (Å²) in [6.45, 7) is 3.85. The van der Waals surface area contributed by atoms with Crippen molar-refractivity contribution in [3.63, 3.8) is 0 Å². The Bertz CT molecular complexity index is 769. The second-order valence-electron chi connectivity index (χ2n) is 5.24. The van der Waals surface area contributed by atoms with Gasteiger partial charge in [-0.3, -0.25) is 0 Å². The molecule has 0 aliphatic carbocycles. The summed E-state index contributed by atoms with van der Waals surface area (Å²) in [7, 11) is 0. The van der Waals surface area contributed by atoms with Gasteiger partial charge in [0.2, 0.25) is 5.95 Å². The molecule has 0 bridgehead atoms. The predicted molar refractivity (Wildman–Crippen MR) is 92.0 cm³/mol. The van der Waals surface area contributed by atoms with E-state index in [0.717, 1.165) is 29.3 Å². The lowest BCUT2D eigenvalue weighted by atomic mass is 10.2. The third-order valence-electron chi connectivity index (χ3n) is 3.61. The van der Waals surface area contributed by atoms with Crippen LogP contribution < -0.4 is 10.1 Å². The molecule has 3 rings (SSSR count). The van der Waals surface area contributed by atoms with Gasteiger partial charge in [-0.25, -0.2) is 4.98 Å². The van der Waals surface area contributed by atoms with Crippen LogP contribution in [0.3, 0.4) is 0 Å². The van der Waals surface area contributed by atoms with E-state index in [-0.39, 0.29) is 6.61 Å². The summed E-state index contributed by atoms with van der Waals surface area (Å²) in [6.07, 6.45) is 0. The highest BCUT2D eigenvalue weighted by atomic mass is 16.5. The fourth-order valence-electron chi connectivity index (χ4n) is 2.59. The van der Waals surface area contributed by atoms with Crippen LogP contribution in [0.15, 0.2) is 48.5 Å². The Morgan fingerprint density at radius 3 is 2.74 bits per heavy atom. The Kier molecular flexibility index (Phi) is 4.78. The highest BCUT2D eigenvalue weighted by Crippen LogP contribution is 2.25. The molecule has 23 heavy (non-hydrogen) atoms. The SMILES string of the molecule is CCOc1ccc2c(c1)nc(NCCO)n2Cc1ccccc1. The van der Waals surface area contributed by atoms with E-state index in [1.165, 1.54) is 5.56 Å². The van der Waals surface area contributed by atoms with Gasteiger partial charge in [0.05, 0.1) is 30.8 Å². The molecule has 0 saturated carbocycles. The summed E-state index contributed by atoms with van der Waals surface area (Å²) in [5.74, 6) is 1.57. The molecule has 1 heterocycles. The Hall–Kier alpha value is -2.53. The summed E-state index contributed by atoms with van der Waals surface area (Å²) < 4.78 is 7.67.